The van der Waals surface area contributed by atoms with Crippen molar-refractivity contribution in [1.29, 1.82) is 0 Å². The van der Waals surface area contributed by atoms with E-state index in [-0.39, 0.29) is 0 Å². The third kappa shape index (κ3) is 4.38. The molecule has 0 radical (unpaired) electrons. The predicted molar refractivity (Wildman–Crippen MR) is 94.4 cm³/mol. The molecular weight excluding hydrogens is 343 g/mol. The summed E-state index contributed by atoms with van der Waals surface area (Å²) in [5, 5.41) is 5.98. The minimum atomic E-state index is -4.40. The predicted octanol–water partition coefficient (Wildman–Crippen LogP) is 5.05. The van der Waals surface area contributed by atoms with E-state index in [1.807, 2.05) is 6.07 Å². The molecule has 0 saturated carbocycles. The number of nitrogens with zero attached hydrogens (tertiary/aromatic N) is 1. The van der Waals surface area contributed by atoms with Gasteiger partial charge >= 0.3 is 12.2 Å². The number of benzene rings is 2. The smallest absolute Gasteiger partial charge is 0.314 e. The van der Waals surface area contributed by atoms with Crippen LogP contribution in [0.25, 0.3) is 17.0 Å². The summed E-state index contributed by atoms with van der Waals surface area (Å²) in [5.74, 6) is 0. The van der Waals surface area contributed by atoms with Crippen molar-refractivity contribution < 1.29 is 18.0 Å². The molecule has 1 heterocycles. The molecule has 0 aliphatic heterocycles. The highest BCUT2D eigenvalue weighted by Crippen LogP contribution is 2.29. The van der Waals surface area contributed by atoms with Crippen molar-refractivity contribution in [2.45, 2.75) is 6.18 Å². The Morgan fingerprint density at radius 1 is 1.04 bits per heavy atom. The number of carbonyl (C=O) groups excluding carboxylic acids is 1. The first kappa shape index (κ1) is 17.5. The Morgan fingerprint density at radius 2 is 1.88 bits per heavy atom. The second kappa shape index (κ2) is 7.26. The lowest BCUT2D eigenvalue weighted by Crippen LogP contribution is -2.23. The van der Waals surface area contributed by atoms with Crippen LogP contribution in [0.5, 0.6) is 0 Å². The lowest BCUT2D eigenvalue weighted by molar-refractivity contribution is -0.137. The van der Waals surface area contributed by atoms with Crippen LogP contribution in [0.1, 0.15) is 11.1 Å². The number of halogens is 3. The summed E-state index contributed by atoms with van der Waals surface area (Å²) in [7, 11) is 0. The first-order valence-corrected chi connectivity index (χ1v) is 7.68. The Kier molecular flexibility index (Phi) is 4.88. The second-order valence-corrected chi connectivity index (χ2v) is 5.47. The first-order chi connectivity index (χ1) is 12.4. The highest BCUT2D eigenvalue weighted by atomic mass is 19.4. The molecule has 2 amide bonds. The number of aromatic nitrogens is 1. The van der Waals surface area contributed by atoms with Gasteiger partial charge in [0.1, 0.15) is 0 Å². The molecule has 0 fully saturated rings. The highest BCUT2D eigenvalue weighted by molar-refractivity contribution is 5.93. The first-order valence-electron chi connectivity index (χ1n) is 7.68. The number of hydrogen-bond acceptors (Lipinski definition) is 2. The zero-order valence-corrected chi connectivity index (χ0v) is 13.4. The number of hydrogen-bond donors (Lipinski definition) is 2. The molecule has 0 bridgehead atoms. The van der Waals surface area contributed by atoms with Gasteiger partial charge < -0.3 is 10.6 Å². The zero-order valence-electron chi connectivity index (χ0n) is 13.4. The largest absolute Gasteiger partial charge is 0.416 e. The molecule has 4 nitrogen and oxygen atoms in total. The standard InChI is InChI=1S/C19H14F3N3O/c20-19(21,22)15-5-1-3-13(11-15)8-10-24-18(26)25-16-6-7-17-14(12-16)4-2-9-23-17/h1-12H,(H2,24,25,26)/b10-8+. The highest BCUT2D eigenvalue weighted by Gasteiger charge is 2.30. The Bertz CT molecular complexity index is 967. The summed E-state index contributed by atoms with van der Waals surface area (Å²) in [6, 6.07) is 13.3. The molecule has 0 unspecified atom stereocenters. The fourth-order valence-electron chi connectivity index (χ4n) is 2.35. The molecule has 0 saturated heterocycles. The van der Waals surface area contributed by atoms with E-state index in [1.54, 1.807) is 30.5 Å². The molecule has 3 aromatic rings. The number of rotatable bonds is 3. The van der Waals surface area contributed by atoms with Gasteiger partial charge in [-0.05, 0) is 48.0 Å². The molecule has 0 spiro atoms. The topological polar surface area (TPSA) is 54.0 Å². The van der Waals surface area contributed by atoms with Crippen LogP contribution in [0.2, 0.25) is 0 Å². The normalized spacial score (nSPS) is 11.7. The van der Waals surface area contributed by atoms with E-state index in [0.717, 1.165) is 23.0 Å². The van der Waals surface area contributed by atoms with E-state index in [2.05, 4.69) is 15.6 Å². The molecule has 26 heavy (non-hydrogen) atoms. The van der Waals surface area contributed by atoms with Crippen molar-refractivity contribution in [3.05, 3.63) is 78.1 Å². The molecule has 0 aliphatic carbocycles. The Balaban J connectivity index is 1.62. The van der Waals surface area contributed by atoms with E-state index in [4.69, 9.17) is 0 Å². The molecule has 2 N–H and O–H groups in total. The lowest BCUT2D eigenvalue weighted by Gasteiger charge is -2.07. The van der Waals surface area contributed by atoms with Crippen LogP contribution >= 0.6 is 0 Å². The van der Waals surface area contributed by atoms with Crippen LogP contribution in [0, 0.1) is 0 Å². The van der Waals surface area contributed by atoms with E-state index < -0.39 is 17.8 Å². The molecule has 2 aromatic carbocycles. The van der Waals surface area contributed by atoms with Gasteiger partial charge in [0.25, 0.3) is 0 Å². The second-order valence-electron chi connectivity index (χ2n) is 5.47. The van der Waals surface area contributed by atoms with E-state index in [0.29, 0.717) is 11.3 Å². The molecule has 7 heteroatoms. The fraction of sp³-hybridized carbons (Fsp3) is 0.0526. The van der Waals surface area contributed by atoms with Gasteiger partial charge in [-0.2, -0.15) is 13.2 Å². The summed E-state index contributed by atoms with van der Waals surface area (Å²) in [5.41, 5.74) is 0.976. The third-order valence-electron chi connectivity index (χ3n) is 3.57. The lowest BCUT2D eigenvalue weighted by atomic mass is 10.1. The maximum Gasteiger partial charge on any atom is 0.416 e. The Morgan fingerprint density at radius 3 is 2.69 bits per heavy atom. The quantitative estimate of drug-likeness (QED) is 0.689. The van der Waals surface area contributed by atoms with E-state index >= 15 is 0 Å². The molecular formula is C19H14F3N3O. The van der Waals surface area contributed by atoms with Crippen LogP contribution in [-0.4, -0.2) is 11.0 Å². The number of urea groups is 1. The number of anilines is 1. The van der Waals surface area contributed by atoms with Crippen molar-refractivity contribution in [3.63, 3.8) is 0 Å². The summed E-state index contributed by atoms with van der Waals surface area (Å²) in [6.07, 6.45) is -0.0487. The van der Waals surface area contributed by atoms with E-state index in [1.165, 1.54) is 24.4 Å². The van der Waals surface area contributed by atoms with Gasteiger partial charge in [0, 0.05) is 23.5 Å². The number of alkyl halides is 3. The van der Waals surface area contributed by atoms with Gasteiger partial charge in [-0.1, -0.05) is 18.2 Å². The number of amides is 2. The van der Waals surface area contributed by atoms with Gasteiger partial charge in [0.2, 0.25) is 0 Å². The van der Waals surface area contributed by atoms with Crippen molar-refractivity contribution in [1.82, 2.24) is 10.3 Å². The van der Waals surface area contributed by atoms with Gasteiger partial charge in [0.05, 0.1) is 11.1 Å². The summed E-state index contributed by atoms with van der Waals surface area (Å²) >= 11 is 0. The number of fused-ring (bicyclic) bond motifs is 1. The summed E-state index contributed by atoms with van der Waals surface area (Å²) in [4.78, 5) is 16.1. The van der Waals surface area contributed by atoms with Crippen molar-refractivity contribution in [2.24, 2.45) is 0 Å². The maximum absolute atomic E-state index is 12.7. The van der Waals surface area contributed by atoms with Crippen LogP contribution in [0.4, 0.5) is 23.7 Å². The fourth-order valence-corrected chi connectivity index (χ4v) is 2.35. The Hall–Kier alpha value is -3.35. The van der Waals surface area contributed by atoms with Crippen molar-refractivity contribution in [2.75, 3.05) is 5.32 Å². The minimum absolute atomic E-state index is 0.330. The minimum Gasteiger partial charge on any atom is -0.314 e. The van der Waals surface area contributed by atoms with Crippen LogP contribution in [0.15, 0.2) is 67.0 Å². The molecule has 1 aromatic heterocycles. The number of pyridine rings is 1. The Labute approximate surface area is 147 Å². The maximum atomic E-state index is 12.7. The van der Waals surface area contributed by atoms with Crippen molar-refractivity contribution >= 4 is 28.7 Å². The van der Waals surface area contributed by atoms with Crippen LogP contribution in [0.3, 0.4) is 0 Å². The van der Waals surface area contributed by atoms with Crippen molar-refractivity contribution in [3.8, 4) is 0 Å². The SMILES string of the molecule is O=C(N/C=C/c1cccc(C(F)(F)F)c1)Nc1ccc2ncccc2c1. The number of carbonyl (C=O) groups is 1. The van der Waals surface area contributed by atoms with Crippen LogP contribution < -0.4 is 10.6 Å². The third-order valence-corrected chi connectivity index (χ3v) is 3.57. The van der Waals surface area contributed by atoms with Gasteiger partial charge in [-0.15, -0.1) is 0 Å². The van der Waals surface area contributed by atoms with Gasteiger partial charge in [-0.25, -0.2) is 4.79 Å². The number of nitrogens with one attached hydrogen (secondary N) is 2. The monoisotopic (exact) mass is 357 g/mol. The average molecular weight is 357 g/mol. The van der Waals surface area contributed by atoms with Gasteiger partial charge in [0.15, 0.2) is 0 Å². The summed E-state index contributed by atoms with van der Waals surface area (Å²) < 4.78 is 38.0. The molecule has 132 valence electrons. The zero-order chi connectivity index (χ0) is 18.6. The summed E-state index contributed by atoms with van der Waals surface area (Å²) in [6.45, 7) is 0. The van der Waals surface area contributed by atoms with E-state index in [9.17, 15) is 18.0 Å². The molecule has 0 aliphatic rings. The average Bonchev–Trinajstić information content (AvgIpc) is 2.61. The molecule has 3 rings (SSSR count). The van der Waals surface area contributed by atoms with Gasteiger partial charge in [-0.3, -0.25) is 4.98 Å². The van der Waals surface area contributed by atoms with Crippen LogP contribution in [-0.2, 0) is 6.18 Å². The molecule has 0 atom stereocenters.